The summed E-state index contributed by atoms with van der Waals surface area (Å²) in [4.78, 5) is 9.72. The fourth-order valence-electron chi connectivity index (χ4n) is 4.31. The maximum Gasteiger partial charge on any atom is 0.245 e. The second kappa shape index (κ2) is 7.89. The van der Waals surface area contributed by atoms with E-state index in [0.29, 0.717) is 0 Å². The Morgan fingerprint density at radius 3 is 2.42 bits per heavy atom. The molecule has 2 unspecified atom stereocenters. The van der Waals surface area contributed by atoms with Gasteiger partial charge in [0.1, 0.15) is 11.6 Å². The Kier molecular flexibility index (Phi) is 5.26. The average Bonchev–Trinajstić information content (AvgIpc) is 3.22. The third-order valence-corrected chi connectivity index (χ3v) is 7.92. The number of aromatic nitrogens is 2. The van der Waals surface area contributed by atoms with Crippen molar-refractivity contribution in [2.24, 2.45) is 0 Å². The van der Waals surface area contributed by atoms with Crippen LogP contribution < -0.4 is 4.90 Å². The molecule has 2 aromatic carbocycles. The zero-order valence-corrected chi connectivity index (χ0v) is 17.9. The molecule has 0 N–H and O–H groups in total. The van der Waals surface area contributed by atoms with Crippen LogP contribution in [0.4, 0.5) is 23.4 Å². The highest BCUT2D eigenvalue weighted by Gasteiger charge is 2.57. The maximum absolute atomic E-state index is 15.6. The quantitative estimate of drug-likeness (QED) is 0.535. The van der Waals surface area contributed by atoms with Gasteiger partial charge in [-0.15, -0.1) is 0 Å². The highest BCUT2D eigenvalue weighted by atomic mass is 32.2. The van der Waals surface area contributed by atoms with E-state index >= 15 is 4.39 Å². The lowest BCUT2D eigenvalue weighted by Gasteiger charge is -2.45. The number of ether oxygens (including phenoxy) is 1. The first-order valence-electron chi connectivity index (χ1n) is 10.1. The van der Waals surface area contributed by atoms with E-state index < -0.39 is 39.4 Å². The van der Waals surface area contributed by atoms with Crippen molar-refractivity contribution in [3.05, 3.63) is 60.0 Å². The lowest BCUT2D eigenvalue weighted by Crippen LogP contribution is -2.62. The Morgan fingerprint density at radius 2 is 1.73 bits per heavy atom. The number of benzene rings is 2. The summed E-state index contributed by atoms with van der Waals surface area (Å²) in [5.41, 5.74) is -1.44. The van der Waals surface area contributed by atoms with Crippen molar-refractivity contribution in [1.82, 2.24) is 14.3 Å². The van der Waals surface area contributed by atoms with E-state index in [-0.39, 0.29) is 54.4 Å². The molecular formula is C21H18F4N4O3S. The molecule has 2 fully saturated rings. The molecular weight excluding hydrogens is 464 g/mol. The van der Waals surface area contributed by atoms with Gasteiger partial charge in [-0.1, -0.05) is 0 Å². The fraction of sp³-hybridized carbons (Fsp3) is 0.333. The van der Waals surface area contributed by atoms with Crippen molar-refractivity contribution < 1.29 is 30.7 Å². The van der Waals surface area contributed by atoms with Crippen molar-refractivity contribution in [1.29, 1.82) is 0 Å². The smallest absolute Gasteiger partial charge is 0.245 e. The number of anilines is 1. The molecule has 2 saturated heterocycles. The summed E-state index contributed by atoms with van der Waals surface area (Å²) in [5, 5.41) is 0. The van der Waals surface area contributed by atoms with Crippen molar-refractivity contribution >= 4 is 26.9 Å². The standard InChI is InChI=1S/C21H18F4N4O3S/c22-13-1-3-14(4-2-13)33(30,31)29-7-8-32-21(29)5-6-28(12-19(21)25)20-11-26-17-9-15(23)16(24)10-18(17)27-20/h1-4,9-11,19H,5-8,12H2. The molecule has 3 aromatic rings. The summed E-state index contributed by atoms with van der Waals surface area (Å²) >= 11 is 0. The Labute approximate surface area is 186 Å². The summed E-state index contributed by atoms with van der Waals surface area (Å²) in [5.74, 6) is -2.46. The minimum Gasteiger partial charge on any atom is -0.355 e. The lowest BCUT2D eigenvalue weighted by atomic mass is 9.98. The summed E-state index contributed by atoms with van der Waals surface area (Å²) < 4.78 is 88.9. The zero-order chi connectivity index (χ0) is 23.4. The largest absolute Gasteiger partial charge is 0.355 e. The highest BCUT2D eigenvalue weighted by molar-refractivity contribution is 7.89. The van der Waals surface area contributed by atoms with Gasteiger partial charge in [0.2, 0.25) is 10.0 Å². The third-order valence-electron chi connectivity index (χ3n) is 5.98. The number of piperidine rings is 1. The monoisotopic (exact) mass is 482 g/mol. The van der Waals surface area contributed by atoms with Gasteiger partial charge < -0.3 is 9.64 Å². The van der Waals surface area contributed by atoms with Crippen LogP contribution in [-0.4, -0.2) is 60.8 Å². The molecule has 0 radical (unpaired) electrons. The fourth-order valence-corrected chi connectivity index (χ4v) is 6.02. The first kappa shape index (κ1) is 22.0. The maximum atomic E-state index is 15.6. The number of alkyl halides is 1. The SMILES string of the molecule is O=S(=O)(c1ccc(F)cc1)N1CCOC12CCN(c1cnc3cc(F)c(F)cc3n1)CC2F. The lowest BCUT2D eigenvalue weighted by molar-refractivity contribution is -0.116. The molecule has 0 saturated carbocycles. The number of rotatable bonds is 3. The van der Waals surface area contributed by atoms with Crippen LogP contribution in [0.5, 0.6) is 0 Å². The molecule has 0 amide bonds. The van der Waals surface area contributed by atoms with Gasteiger partial charge in [0.25, 0.3) is 0 Å². The molecule has 12 heteroatoms. The Bertz CT molecular complexity index is 1330. The molecule has 5 rings (SSSR count). The van der Waals surface area contributed by atoms with Gasteiger partial charge in [0, 0.05) is 31.6 Å². The molecule has 1 aromatic heterocycles. The molecule has 0 aliphatic carbocycles. The van der Waals surface area contributed by atoms with E-state index in [9.17, 15) is 21.6 Å². The van der Waals surface area contributed by atoms with Gasteiger partial charge >= 0.3 is 0 Å². The van der Waals surface area contributed by atoms with E-state index in [1.165, 1.54) is 6.20 Å². The molecule has 33 heavy (non-hydrogen) atoms. The van der Waals surface area contributed by atoms with Gasteiger partial charge in [-0.25, -0.2) is 31.0 Å². The van der Waals surface area contributed by atoms with Gasteiger partial charge in [0.05, 0.1) is 35.3 Å². The van der Waals surface area contributed by atoms with Gasteiger partial charge in [-0.05, 0) is 24.3 Å². The molecule has 0 bridgehead atoms. The first-order chi connectivity index (χ1) is 15.7. The van der Waals surface area contributed by atoms with E-state index in [0.717, 1.165) is 40.7 Å². The van der Waals surface area contributed by atoms with Crippen molar-refractivity contribution in [2.45, 2.75) is 23.2 Å². The molecule has 3 heterocycles. The van der Waals surface area contributed by atoms with Gasteiger partial charge in [-0.3, -0.25) is 4.98 Å². The predicted octanol–water partition coefficient (Wildman–Crippen LogP) is 3.01. The minimum absolute atomic E-state index is 0.00785. The molecule has 7 nitrogen and oxygen atoms in total. The summed E-state index contributed by atoms with van der Waals surface area (Å²) in [6.07, 6.45) is -0.426. The van der Waals surface area contributed by atoms with Crippen LogP contribution in [-0.2, 0) is 14.8 Å². The van der Waals surface area contributed by atoms with Crippen LogP contribution in [0.2, 0.25) is 0 Å². The molecule has 2 aliphatic rings. The number of hydrogen-bond acceptors (Lipinski definition) is 6. The Morgan fingerprint density at radius 1 is 1.03 bits per heavy atom. The topological polar surface area (TPSA) is 75.6 Å². The van der Waals surface area contributed by atoms with Crippen LogP contribution in [0.25, 0.3) is 11.0 Å². The van der Waals surface area contributed by atoms with Crippen molar-refractivity contribution in [2.75, 3.05) is 31.1 Å². The number of nitrogens with zero attached hydrogens (tertiary/aromatic N) is 4. The van der Waals surface area contributed by atoms with Crippen LogP contribution in [0, 0.1) is 17.5 Å². The summed E-state index contributed by atoms with van der Waals surface area (Å²) in [6.45, 7) is -0.0960. The second-order valence-corrected chi connectivity index (χ2v) is 9.73. The third kappa shape index (κ3) is 3.62. The van der Waals surface area contributed by atoms with Crippen molar-refractivity contribution in [3.8, 4) is 0 Å². The number of fused-ring (bicyclic) bond motifs is 1. The second-order valence-electron chi connectivity index (χ2n) is 7.87. The first-order valence-corrected chi connectivity index (χ1v) is 11.6. The normalized spacial score (nSPS) is 24.1. The summed E-state index contributed by atoms with van der Waals surface area (Å²) in [6, 6.07) is 6.15. The average molecular weight is 482 g/mol. The van der Waals surface area contributed by atoms with Crippen LogP contribution in [0.3, 0.4) is 0 Å². The van der Waals surface area contributed by atoms with Gasteiger partial charge in [-0.2, -0.15) is 4.31 Å². The van der Waals surface area contributed by atoms with Crippen LogP contribution in [0.1, 0.15) is 6.42 Å². The number of sulfonamides is 1. The number of hydrogen-bond donors (Lipinski definition) is 0. The molecule has 1 spiro atoms. The highest BCUT2D eigenvalue weighted by Crippen LogP contribution is 2.40. The zero-order valence-electron chi connectivity index (χ0n) is 17.1. The minimum atomic E-state index is -4.14. The molecule has 2 aliphatic heterocycles. The number of halogens is 4. The Balaban J connectivity index is 1.42. The van der Waals surface area contributed by atoms with Crippen LogP contribution in [0.15, 0.2) is 47.5 Å². The van der Waals surface area contributed by atoms with Crippen molar-refractivity contribution in [3.63, 3.8) is 0 Å². The van der Waals surface area contributed by atoms with E-state index in [1.54, 1.807) is 4.90 Å². The van der Waals surface area contributed by atoms with Crippen LogP contribution >= 0.6 is 0 Å². The van der Waals surface area contributed by atoms with E-state index in [1.807, 2.05) is 0 Å². The van der Waals surface area contributed by atoms with Gasteiger partial charge in [0.15, 0.2) is 23.5 Å². The molecule has 2 atom stereocenters. The molecule has 174 valence electrons. The summed E-state index contributed by atoms with van der Waals surface area (Å²) in [7, 11) is -4.14. The van der Waals surface area contributed by atoms with E-state index in [2.05, 4.69) is 9.97 Å². The Hall–Kier alpha value is -2.83. The van der Waals surface area contributed by atoms with E-state index in [4.69, 9.17) is 4.74 Å². The predicted molar refractivity (Wildman–Crippen MR) is 110 cm³/mol.